The molecular formula is C23H27N3O2. The van der Waals surface area contributed by atoms with E-state index in [0.29, 0.717) is 29.9 Å². The number of ether oxygens (including phenoxy) is 1. The summed E-state index contributed by atoms with van der Waals surface area (Å²) in [5.41, 5.74) is 5.10. The lowest BCUT2D eigenvalue weighted by Crippen LogP contribution is -2.27. The first-order valence-corrected chi connectivity index (χ1v) is 9.87. The van der Waals surface area contributed by atoms with Crippen LogP contribution in [-0.4, -0.2) is 31.0 Å². The Bertz CT molecular complexity index is 915. The second kappa shape index (κ2) is 8.90. The van der Waals surface area contributed by atoms with Crippen molar-refractivity contribution in [3.63, 3.8) is 0 Å². The van der Waals surface area contributed by atoms with Gasteiger partial charge in [0, 0.05) is 18.8 Å². The third kappa shape index (κ3) is 4.18. The largest absolute Gasteiger partial charge is 0.493 e. The van der Waals surface area contributed by atoms with Crippen molar-refractivity contribution in [1.29, 1.82) is 5.26 Å². The summed E-state index contributed by atoms with van der Waals surface area (Å²) in [6, 6.07) is 11.7. The summed E-state index contributed by atoms with van der Waals surface area (Å²) >= 11 is 0. The summed E-state index contributed by atoms with van der Waals surface area (Å²) in [4.78, 5) is 15.4. The maximum atomic E-state index is 13.1. The minimum atomic E-state index is -0.238. The molecule has 1 aliphatic rings. The Kier molecular flexibility index (Phi) is 6.33. The minimum Gasteiger partial charge on any atom is -0.493 e. The molecule has 0 radical (unpaired) electrons. The average Bonchev–Trinajstić information content (AvgIpc) is 2.71. The number of carbonyl (C=O) groups is 1. The summed E-state index contributed by atoms with van der Waals surface area (Å²) in [5.74, 6) is 0.303. The van der Waals surface area contributed by atoms with Crippen LogP contribution in [-0.2, 0) is 19.4 Å². The molecule has 0 aliphatic carbocycles. The van der Waals surface area contributed by atoms with Crippen LogP contribution in [0.4, 0.5) is 5.69 Å². The number of hydrogen-bond acceptors (Lipinski definition) is 4. The van der Waals surface area contributed by atoms with Crippen LogP contribution in [0.1, 0.15) is 52.9 Å². The fourth-order valence-electron chi connectivity index (χ4n) is 3.58. The van der Waals surface area contributed by atoms with Crippen LogP contribution >= 0.6 is 0 Å². The molecule has 0 aromatic heterocycles. The fourth-order valence-corrected chi connectivity index (χ4v) is 3.58. The summed E-state index contributed by atoms with van der Waals surface area (Å²) in [6.07, 6.45) is 2.47. The topological polar surface area (TPSA) is 65.4 Å². The van der Waals surface area contributed by atoms with Crippen molar-refractivity contribution in [3.05, 3.63) is 58.1 Å². The number of fused-ring (bicyclic) bond motifs is 1. The van der Waals surface area contributed by atoms with Crippen molar-refractivity contribution < 1.29 is 9.53 Å². The maximum absolute atomic E-state index is 13.1. The van der Waals surface area contributed by atoms with Gasteiger partial charge in [-0.2, -0.15) is 5.26 Å². The van der Waals surface area contributed by atoms with E-state index >= 15 is 0 Å². The Balaban J connectivity index is 1.94. The SMILES string of the molecule is CCCOc1cc(CC)c(C#N)cc1C(=O)Nc1cccc2c1CCN(C)C2. The molecule has 5 nitrogen and oxygen atoms in total. The van der Waals surface area contributed by atoms with Gasteiger partial charge in [0.2, 0.25) is 0 Å². The molecule has 146 valence electrons. The number of nitrogens with zero attached hydrogens (tertiary/aromatic N) is 2. The van der Waals surface area contributed by atoms with E-state index in [1.807, 2.05) is 32.0 Å². The highest BCUT2D eigenvalue weighted by molar-refractivity contribution is 6.07. The normalized spacial score (nSPS) is 13.5. The van der Waals surface area contributed by atoms with E-state index in [2.05, 4.69) is 29.4 Å². The first-order valence-electron chi connectivity index (χ1n) is 9.87. The van der Waals surface area contributed by atoms with E-state index in [1.54, 1.807) is 6.07 Å². The van der Waals surface area contributed by atoms with E-state index in [0.717, 1.165) is 37.2 Å². The molecule has 0 spiro atoms. The molecule has 0 bridgehead atoms. The number of nitriles is 1. The molecular weight excluding hydrogens is 350 g/mol. The first-order chi connectivity index (χ1) is 13.6. The maximum Gasteiger partial charge on any atom is 0.259 e. The van der Waals surface area contributed by atoms with Gasteiger partial charge in [0.15, 0.2) is 0 Å². The van der Waals surface area contributed by atoms with Crippen LogP contribution < -0.4 is 10.1 Å². The van der Waals surface area contributed by atoms with Crippen LogP contribution in [0, 0.1) is 11.3 Å². The number of benzene rings is 2. The van der Waals surface area contributed by atoms with Crippen LogP contribution in [0.25, 0.3) is 0 Å². The van der Waals surface area contributed by atoms with Gasteiger partial charge in [-0.3, -0.25) is 4.79 Å². The second-order valence-electron chi connectivity index (χ2n) is 7.20. The van der Waals surface area contributed by atoms with Gasteiger partial charge < -0.3 is 15.0 Å². The van der Waals surface area contributed by atoms with Crippen molar-refractivity contribution in [2.75, 3.05) is 25.5 Å². The molecule has 0 unspecified atom stereocenters. The predicted molar refractivity (Wildman–Crippen MR) is 111 cm³/mol. The van der Waals surface area contributed by atoms with Gasteiger partial charge in [0.1, 0.15) is 5.75 Å². The van der Waals surface area contributed by atoms with E-state index in [9.17, 15) is 10.1 Å². The lowest BCUT2D eigenvalue weighted by atomic mass is 9.97. The highest BCUT2D eigenvalue weighted by Gasteiger charge is 2.20. The Morgan fingerprint density at radius 3 is 2.86 bits per heavy atom. The van der Waals surface area contributed by atoms with E-state index < -0.39 is 0 Å². The molecule has 1 amide bonds. The molecule has 28 heavy (non-hydrogen) atoms. The van der Waals surface area contributed by atoms with Crippen LogP contribution in [0.5, 0.6) is 5.75 Å². The molecule has 2 aromatic rings. The number of rotatable bonds is 6. The molecule has 0 fully saturated rings. The molecule has 1 heterocycles. The van der Waals surface area contributed by atoms with E-state index in [1.165, 1.54) is 11.1 Å². The number of nitrogens with one attached hydrogen (secondary N) is 1. The Morgan fingerprint density at radius 2 is 2.14 bits per heavy atom. The Morgan fingerprint density at radius 1 is 1.32 bits per heavy atom. The number of likely N-dealkylation sites (N-methyl/N-ethyl adjacent to an activating group) is 1. The molecule has 2 aromatic carbocycles. The lowest BCUT2D eigenvalue weighted by molar-refractivity contribution is 0.102. The number of aryl methyl sites for hydroxylation is 1. The van der Waals surface area contributed by atoms with Crippen molar-refractivity contribution in [3.8, 4) is 11.8 Å². The van der Waals surface area contributed by atoms with Crippen molar-refractivity contribution >= 4 is 11.6 Å². The van der Waals surface area contributed by atoms with Crippen molar-refractivity contribution in [2.24, 2.45) is 0 Å². The van der Waals surface area contributed by atoms with Gasteiger partial charge in [-0.15, -0.1) is 0 Å². The van der Waals surface area contributed by atoms with Gasteiger partial charge in [-0.05, 0) is 61.2 Å². The Labute approximate surface area is 166 Å². The zero-order valence-corrected chi connectivity index (χ0v) is 16.8. The minimum absolute atomic E-state index is 0.238. The monoisotopic (exact) mass is 377 g/mol. The first kappa shape index (κ1) is 19.9. The number of amides is 1. The summed E-state index contributed by atoms with van der Waals surface area (Å²) in [6.45, 7) is 6.40. The van der Waals surface area contributed by atoms with Crippen molar-refractivity contribution in [1.82, 2.24) is 4.90 Å². The standard InChI is InChI=1S/C23H27N3O2/c1-4-11-28-22-13-16(5-2)18(14-24)12-20(22)23(27)25-21-8-6-7-17-15-26(3)10-9-19(17)21/h6-8,12-13H,4-5,9-11,15H2,1-3H3,(H,25,27). The third-order valence-electron chi connectivity index (χ3n) is 5.12. The fraction of sp³-hybridized carbons (Fsp3) is 0.391. The summed E-state index contributed by atoms with van der Waals surface area (Å²) in [7, 11) is 2.10. The second-order valence-corrected chi connectivity index (χ2v) is 7.20. The Hall–Kier alpha value is -2.84. The van der Waals surface area contributed by atoms with Crippen LogP contribution in [0.15, 0.2) is 30.3 Å². The molecule has 0 saturated carbocycles. The lowest BCUT2D eigenvalue weighted by Gasteiger charge is -2.27. The van der Waals surface area contributed by atoms with Gasteiger partial charge in [-0.25, -0.2) is 0 Å². The van der Waals surface area contributed by atoms with Crippen LogP contribution in [0.3, 0.4) is 0 Å². The summed E-state index contributed by atoms with van der Waals surface area (Å²) < 4.78 is 5.84. The van der Waals surface area contributed by atoms with E-state index in [4.69, 9.17) is 4.74 Å². The zero-order valence-electron chi connectivity index (χ0n) is 16.8. The van der Waals surface area contributed by atoms with Gasteiger partial charge in [-0.1, -0.05) is 26.0 Å². The molecule has 5 heteroatoms. The van der Waals surface area contributed by atoms with Gasteiger partial charge in [0.25, 0.3) is 5.91 Å². The molecule has 0 saturated heterocycles. The molecule has 1 aliphatic heterocycles. The third-order valence-corrected chi connectivity index (χ3v) is 5.12. The quantitative estimate of drug-likeness (QED) is 0.821. The molecule has 1 N–H and O–H groups in total. The highest BCUT2D eigenvalue weighted by Crippen LogP contribution is 2.29. The molecule has 3 rings (SSSR count). The van der Waals surface area contributed by atoms with Crippen molar-refractivity contribution in [2.45, 2.75) is 39.7 Å². The predicted octanol–water partition coefficient (Wildman–Crippen LogP) is 4.15. The van der Waals surface area contributed by atoms with E-state index in [-0.39, 0.29) is 5.91 Å². The summed E-state index contributed by atoms with van der Waals surface area (Å²) in [5, 5.41) is 12.5. The smallest absolute Gasteiger partial charge is 0.259 e. The number of hydrogen-bond donors (Lipinski definition) is 1. The molecule has 0 atom stereocenters. The van der Waals surface area contributed by atoms with Gasteiger partial charge in [0.05, 0.1) is 23.8 Å². The number of carbonyl (C=O) groups excluding carboxylic acids is 1. The zero-order chi connectivity index (χ0) is 20.1. The number of anilines is 1. The highest BCUT2D eigenvalue weighted by atomic mass is 16.5. The van der Waals surface area contributed by atoms with Crippen LogP contribution in [0.2, 0.25) is 0 Å². The van der Waals surface area contributed by atoms with Gasteiger partial charge >= 0.3 is 0 Å². The average molecular weight is 377 g/mol.